The van der Waals surface area contributed by atoms with Gasteiger partial charge in [-0.1, -0.05) is 6.92 Å². The summed E-state index contributed by atoms with van der Waals surface area (Å²) in [5, 5.41) is 8.67. The van der Waals surface area contributed by atoms with Gasteiger partial charge < -0.3 is 16.0 Å². The second-order valence-electron chi connectivity index (χ2n) is 5.42. The summed E-state index contributed by atoms with van der Waals surface area (Å²) in [4.78, 5) is 23.5. The van der Waals surface area contributed by atoms with Crippen LogP contribution in [0.2, 0.25) is 0 Å². The topological polar surface area (TPSA) is 70.2 Å². The van der Waals surface area contributed by atoms with Crippen molar-refractivity contribution in [3.05, 3.63) is 0 Å². The van der Waals surface area contributed by atoms with Gasteiger partial charge in [0.2, 0.25) is 11.8 Å². The van der Waals surface area contributed by atoms with Gasteiger partial charge in [0.15, 0.2) is 0 Å². The summed E-state index contributed by atoms with van der Waals surface area (Å²) >= 11 is 0. The van der Waals surface area contributed by atoms with Crippen molar-refractivity contribution in [2.75, 3.05) is 26.7 Å². The quantitative estimate of drug-likeness (QED) is 0.634. The van der Waals surface area contributed by atoms with E-state index in [4.69, 9.17) is 0 Å². The number of nitrogens with one attached hydrogen (secondary N) is 3. The van der Waals surface area contributed by atoms with E-state index in [1.807, 2.05) is 13.8 Å². The predicted octanol–water partition coefficient (Wildman–Crippen LogP) is -0.270. The van der Waals surface area contributed by atoms with Crippen molar-refractivity contribution in [3.63, 3.8) is 0 Å². The van der Waals surface area contributed by atoms with Crippen molar-refractivity contribution in [3.8, 4) is 0 Å². The Morgan fingerprint density at radius 3 is 2.47 bits per heavy atom. The maximum absolute atomic E-state index is 11.9. The first kappa shape index (κ1) is 14.0. The van der Waals surface area contributed by atoms with E-state index in [2.05, 4.69) is 22.9 Å². The molecule has 98 valence electrons. The Morgan fingerprint density at radius 2 is 2.00 bits per heavy atom. The Hall–Kier alpha value is -1.10. The molecular formula is C12H23N3O2. The molecule has 1 saturated heterocycles. The Labute approximate surface area is 103 Å². The van der Waals surface area contributed by atoms with Crippen LogP contribution in [0, 0.1) is 17.3 Å². The van der Waals surface area contributed by atoms with E-state index in [9.17, 15) is 9.59 Å². The number of carbonyl (C=O) groups excluding carboxylic acids is 2. The minimum absolute atomic E-state index is 0.0236. The van der Waals surface area contributed by atoms with Gasteiger partial charge in [0.05, 0.1) is 11.3 Å². The molecule has 1 aliphatic heterocycles. The smallest absolute Gasteiger partial charge is 0.227 e. The Bertz CT molecular complexity index is 302. The van der Waals surface area contributed by atoms with Gasteiger partial charge in [-0.3, -0.25) is 9.59 Å². The molecule has 1 aliphatic rings. The lowest BCUT2D eigenvalue weighted by Crippen LogP contribution is -2.46. The molecule has 0 aliphatic carbocycles. The van der Waals surface area contributed by atoms with Gasteiger partial charge in [0.1, 0.15) is 0 Å². The van der Waals surface area contributed by atoms with Gasteiger partial charge in [-0.2, -0.15) is 0 Å². The van der Waals surface area contributed by atoms with Crippen LogP contribution in [0.15, 0.2) is 0 Å². The van der Waals surface area contributed by atoms with Gasteiger partial charge in [-0.25, -0.2) is 0 Å². The molecule has 1 fully saturated rings. The average molecular weight is 241 g/mol. The number of rotatable bonds is 4. The Kier molecular flexibility index (Phi) is 4.51. The van der Waals surface area contributed by atoms with Gasteiger partial charge in [0.25, 0.3) is 0 Å². The summed E-state index contributed by atoms with van der Waals surface area (Å²) < 4.78 is 0. The first-order valence-electron chi connectivity index (χ1n) is 6.09. The third-order valence-corrected chi connectivity index (χ3v) is 3.40. The predicted molar refractivity (Wildman–Crippen MR) is 66.4 cm³/mol. The molecule has 0 aromatic carbocycles. The Balaban J connectivity index is 2.45. The van der Waals surface area contributed by atoms with Crippen LogP contribution in [-0.4, -0.2) is 38.5 Å². The highest BCUT2D eigenvalue weighted by molar-refractivity contribution is 5.84. The van der Waals surface area contributed by atoms with Crippen molar-refractivity contribution in [2.45, 2.75) is 20.8 Å². The zero-order valence-electron chi connectivity index (χ0n) is 11.1. The van der Waals surface area contributed by atoms with Crippen LogP contribution in [0.5, 0.6) is 0 Å². The maximum atomic E-state index is 11.9. The molecule has 17 heavy (non-hydrogen) atoms. The molecule has 0 aromatic heterocycles. The third kappa shape index (κ3) is 3.43. The summed E-state index contributed by atoms with van der Waals surface area (Å²) in [6, 6.07) is 0. The molecule has 2 unspecified atom stereocenters. The highest BCUT2D eigenvalue weighted by Crippen LogP contribution is 2.17. The number of hydrogen-bond donors (Lipinski definition) is 3. The minimum Gasteiger partial charge on any atom is -0.359 e. The van der Waals surface area contributed by atoms with E-state index in [0.29, 0.717) is 12.5 Å². The molecule has 1 rings (SSSR count). The largest absolute Gasteiger partial charge is 0.359 e. The summed E-state index contributed by atoms with van der Waals surface area (Å²) in [6.45, 7) is 7.69. The lowest BCUT2D eigenvalue weighted by molar-refractivity contribution is -0.130. The molecule has 0 radical (unpaired) electrons. The minimum atomic E-state index is -0.570. The lowest BCUT2D eigenvalue weighted by atomic mass is 9.91. The molecule has 3 N–H and O–H groups in total. The first-order valence-corrected chi connectivity index (χ1v) is 6.09. The van der Waals surface area contributed by atoms with E-state index in [1.165, 1.54) is 0 Å². The van der Waals surface area contributed by atoms with E-state index < -0.39 is 5.41 Å². The van der Waals surface area contributed by atoms with Crippen LogP contribution < -0.4 is 16.0 Å². The van der Waals surface area contributed by atoms with Crippen molar-refractivity contribution >= 4 is 11.8 Å². The zero-order valence-corrected chi connectivity index (χ0v) is 11.1. The van der Waals surface area contributed by atoms with Crippen molar-refractivity contribution in [2.24, 2.45) is 17.3 Å². The molecule has 0 aromatic rings. The highest BCUT2D eigenvalue weighted by Gasteiger charge is 2.32. The Morgan fingerprint density at radius 1 is 1.35 bits per heavy atom. The third-order valence-electron chi connectivity index (χ3n) is 3.40. The number of carbonyl (C=O) groups is 2. The molecule has 0 bridgehead atoms. The number of hydrogen-bond acceptors (Lipinski definition) is 3. The molecule has 0 spiro atoms. The highest BCUT2D eigenvalue weighted by atomic mass is 16.2. The molecule has 2 amide bonds. The van der Waals surface area contributed by atoms with Crippen LogP contribution in [0.25, 0.3) is 0 Å². The maximum Gasteiger partial charge on any atom is 0.227 e. The van der Waals surface area contributed by atoms with Gasteiger partial charge in [0, 0.05) is 20.1 Å². The van der Waals surface area contributed by atoms with Crippen LogP contribution >= 0.6 is 0 Å². The molecule has 0 saturated carbocycles. The normalized spacial score (nSPS) is 24.5. The zero-order chi connectivity index (χ0) is 13.1. The number of amides is 2. The first-order chi connectivity index (χ1) is 7.88. The van der Waals surface area contributed by atoms with Crippen LogP contribution in [-0.2, 0) is 9.59 Å². The summed E-state index contributed by atoms with van der Waals surface area (Å²) in [5.74, 6) is 0.364. The van der Waals surface area contributed by atoms with E-state index >= 15 is 0 Å². The van der Waals surface area contributed by atoms with E-state index in [1.54, 1.807) is 7.05 Å². The summed E-state index contributed by atoms with van der Waals surface area (Å²) in [6.07, 6.45) is 0. The van der Waals surface area contributed by atoms with E-state index in [-0.39, 0.29) is 17.7 Å². The van der Waals surface area contributed by atoms with Crippen LogP contribution in [0.3, 0.4) is 0 Å². The van der Waals surface area contributed by atoms with Crippen molar-refractivity contribution in [1.29, 1.82) is 0 Å². The van der Waals surface area contributed by atoms with Gasteiger partial charge >= 0.3 is 0 Å². The van der Waals surface area contributed by atoms with Crippen molar-refractivity contribution < 1.29 is 9.59 Å². The fraction of sp³-hybridized carbons (Fsp3) is 0.833. The summed E-state index contributed by atoms with van der Waals surface area (Å²) in [5.41, 5.74) is -0.570. The molecule has 5 nitrogen and oxygen atoms in total. The monoisotopic (exact) mass is 241 g/mol. The van der Waals surface area contributed by atoms with E-state index in [0.717, 1.165) is 13.1 Å². The molecule has 2 atom stereocenters. The SMILES string of the molecule is CNC(=O)C(C)(C)CNC(=O)C1CNCC1C. The van der Waals surface area contributed by atoms with Crippen LogP contribution in [0.4, 0.5) is 0 Å². The second-order valence-corrected chi connectivity index (χ2v) is 5.42. The van der Waals surface area contributed by atoms with Crippen molar-refractivity contribution in [1.82, 2.24) is 16.0 Å². The van der Waals surface area contributed by atoms with Gasteiger partial charge in [-0.15, -0.1) is 0 Å². The molecule has 1 heterocycles. The molecular weight excluding hydrogens is 218 g/mol. The second kappa shape index (κ2) is 5.49. The van der Waals surface area contributed by atoms with Gasteiger partial charge in [-0.05, 0) is 26.3 Å². The average Bonchev–Trinajstić information content (AvgIpc) is 2.71. The fourth-order valence-electron chi connectivity index (χ4n) is 2.02. The van der Waals surface area contributed by atoms with Crippen LogP contribution in [0.1, 0.15) is 20.8 Å². The standard InChI is InChI=1S/C12H23N3O2/c1-8-5-14-6-9(8)10(16)15-7-12(2,3)11(17)13-4/h8-9,14H,5-7H2,1-4H3,(H,13,17)(H,15,16). The fourth-order valence-corrected chi connectivity index (χ4v) is 2.02. The summed E-state index contributed by atoms with van der Waals surface area (Å²) in [7, 11) is 1.61. The lowest BCUT2D eigenvalue weighted by Gasteiger charge is -2.24. The molecule has 5 heteroatoms.